The number of aromatic nitrogens is 1. The molecule has 0 aliphatic rings. The second-order valence-electron chi connectivity index (χ2n) is 7.05. The second kappa shape index (κ2) is 6.34. The third-order valence-corrected chi connectivity index (χ3v) is 4.77. The number of rotatable bonds is 3. The molecule has 0 amide bonds. The molecule has 0 bridgehead atoms. The number of nitrogens with zero attached hydrogens (tertiary/aromatic N) is 2. The molecule has 0 atom stereocenters. The predicted molar refractivity (Wildman–Crippen MR) is 113 cm³/mol. The normalized spacial score (nSPS) is 11.1. The molecule has 0 unspecified atom stereocenters. The number of hydrogen-bond donors (Lipinski definition) is 1. The number of anilines is 3. The Balaban J connectivity index is 1.93. The van der Waals surface area contributed by atoms with Crippen LogP contribution >= 0.6 is 0 Å². The van der Waals surface area contributed by atoms with Gasteiger partial charge in [0.05, 0.1) is 16.7 Å². The summed E-state index contributed by atoms with van der Waals surface area (Å²) in [6.45, 7) is 4.27. The van der Waals surface area contributed by atoms with E-state index in [0.717, 1.165) is 33.2 Å². The Labute approximate surface area is 154 Å². The van der Waals surface area contributed by atoms with Crippen molar-refractivity contribution >= 4 is 38.9 Å². The number of benzene rings is 3. The molecule has 0 aliphatic carbocycles. The highest BCUT2D eigenvalue weighted by molar-refractivity contribution is 6.09. The zero-order valence-corrected chi connectivity index (χ0v) is 15.7. The van der Waals surface area contributed by atoms with Gasteiger partial charge in [0.1, 0.15) is 0 Å². The third-order valence-electron chi connectivity index (χ3n) is 4.77. The third kappa shape index (κ3) is 2.86. The van der Waals surface area contributed by atoms with Crippen LogP contribution in [0, 0.1) is 13.8 Å². The van der Waals surface area contributed by atoms with E-state index in [4.69, 9.17) is 4.98 Å². The first-order valence-electron chi connectivity index (χ1n) is 8.87. The quantitative estimate of drug-likeness (QED) is 0.476. The van der Waals surface area contributed by atoms with Crippen molar-refractivity contribution in [3.05, 3.63) is 71.8 Å². The van der Waals surface area contributed by atoms with Gasteiger partial charge in [0.25, 0.3) is 0 Å². The molecule has 4 aromatic rings. The van der Waals surface area contributed by atoms with Crippen LogP contribution in [0.5, 0.6) is 0 Å². The monoisotopic (exact) mass is 341 g/mol. The standard InChI is InChI=1S/C23H23N3/c1-15-13-16(2)22-20(14-15)23(19-7-5-6-8-21(19)25-22)24-17-9-11-18(12-10-17)26(3)4/h5-14H,1-4H3,(H,24,25). The van der Waals surface area contributed by atoms with Gasteiger partial charge in [-0.2, -0.15) is 0 Å². The molecular formula is C23H23N3. The zero-order valence-electron chi connectivity index (χ0n) is 15.7. The fraction of sp³-hybridized carbons (Fsp3) is 0.174. The first kappa shape index (κ1) is 16.4. The molecule has 3 heteroatoms. The van der Waals surface area contributed by atoms with Gasteiger partial charge in [-0.3, -0.25) is 0 Å². The molecule has 0 spiro atoms. The number of pyridine rings is 1. The Morgan fingerprint density at radius 2 is 1.58 bits per heavy atom. The molecule has 0 saturated heterocycles. The van der Waals surface area contributed by atoms with E-state index < -0.39 is 0 Å². The van der Waals surface area contributed by atoms with Crippen molar-refractivity contribution in [1.29, 1.82) is 0 Å². The summed E-state index contributed by atoms with van der Waals surface area (Å²) in [6, 6.07) is 21.2. The number of fused-ring (bicyclic) bond motifs is 2. The summed E-state index contributed by atoms with van der Waals surface area (Å²) in [4.78, 5) is 7.02. The van der Waals surface area contributed by atoms with Crippen molar-refractivity contribution in [3.63, 3.8) is 0 Å². The number of nitrogens with one attached hydrogen (secondary N) is 1. The van der Waals surface area contributed by atoms with Gasteiger partial charge in [-0.1, -0.05) is 29.8 Å². The highest BCUT2D eigenvalue weighted by Crippen LogP contribution is 2.35. The van der Waals surface area contributed by atoms with Crippen LogP contribution in [0.4, 0.5) is 17.1 Å². The largest absolute Gasteiger partial charge is 0.378 e. The average Bonchev–Trinajstić information content (AvgIpc) is 2.63. The summed E-state index contributed by atoms with van der Waals surface area (Å²) in [5, 5.41) is 5.96. The van der Waals surface area contributed by atoms with E-state index in [-0.39, 0.29) is 0 Å². The molecule has 130 valence electrons. The highest BCUT2D eigenvalue weighted by atomic mass is 15.1. The van der Waals surface area contributed by atoms with Crippen LogP contribution in [0.3, 0.4) is 0 Å². The number of para-hydroxylation sites is 1. The van der Waals surface area contributed by atoms with Crippen LogP contribution in [-0.2, 0) is 0 Å². The summed E-state index contributed by atoms with van der Waals surface area (Å²) in [5.74, 6) is 0. The Bertz CT molecular complexity index is 1100. The van der Waals surface area contributed by atoms with Crippen molar-refractivity contribution in [2.45, 2.75) is 13.8 Å². The van der Waals surface area contributed by atoms with Crippen LogP contribution in [0.2, 0.25) is 0 Å². The maximum atomic E-state index is 4.91. The fourth-order valence-corrected chi connectivity index (χ4v) is 3.47. The highest BCUT2D eigenvalue weighted by Gasteiger charge is 2.11. The molecule has 26 heavy (non-hydrogen) atoms. The van der Waals surface area contributed by atoms with Crippen LogP contribution in [0.25, 0.3) is 21.8 Å². The van der Waals surface area contributed by atoms with Gasteiger partial charge in [-0.15, -0.1) is 0 Å². The Kier molecular flexibility index (Phi) is 4.00. The van der Waals surface area contributed by atoms with Gasteiger partial charge in [0.15, 0.2) is 0 Å². The topological polar surface area (TPSA) is 28.2 Å². The second-order valence-corrected chi connectivity index (χ2v) is 7.05. The average molecular weight is 341 g/mol. The predicted octanol–water partition coefficient (Wildman–Crippen LogP) is 5.81. The lowest BCUT2D eigenvalue weighted by Gasteiger charge is -2.16. The first-order valence-corrected chi connectivity index (χ1v) is 8.87. The zero-order chi connectivity index (χ0) is 18.3. The molecule has 0 saturated carbocycles. The van der Waals surface area contributed by atoms with E-state index in [1.54, 1.807) is 0 Å². The van der Waals surface area contributed by atoms with Crippen molar-refractivity contribution < 1.29 is 0 Å². The maximum Gasteiger partial charge on any atom is 0.0759 e. The lowest BCUT2D eigenvalue weighted by Crippen LogP contribution is -2.08. The van der Waals surface area contributed by atoms with Crippen molar-refractivity contribution in [3.8, 4) is 0 Å². The van der Waals surface area contributed by atoms with Crippen LogP contribution < -0.4 is 10.2 Å². The summed E-state index contributed by atoms with van der Waals surface area (Å²) in [5.41, 5.74) is 7.91. The summed E-state index contributed by atoms with van der Waals surface area (Å²) in [7, 11) is 4.11. The molecule has 0 fully saturated rings. The first-order chi connectivity index (χ1) is 12.5. The van der Waals surface area contributed by atoms with E-state index in [0.29, 0.717) is 0 Å². The van der Waals surface area contributed by atoms with Gasteiger partial charge in [0, 0.05) is 36.2 Å². The minimum atomic E-state index is 1.01. The minimum absolute atomic E-state index is 1.01. The lowest BCUT2D eigenvalue weighted by atomic mass is 10.0. The van der Waals surface area contributed by atoms with Crippen LogP contribution in [0.1, 0.15) is 11.1 Å². The smallest absolute Gasteiger partial charge is 0.0759 e. The maximum absolute atomic E-state index is 4.91. The molecule has 1 heterocycles. The molecule has 0 aliphatic heterocycles. The van der Waals surface area contributed by atoms with Crippen molar-refractivity contribution in [2.75, 3.05) is 24.3 Å². The minimum Gasteiger partial charge on any atom is -0.378 e. The molecule has 4 rings (SSSR count). The summed E-state index contributed by atoms with van der Waals surface area (Å²) >= 11 is 0. The van der Waals surface area contributed by atoms with Gasteiger partial charge in [-0.25, -0.2) is 4.98 Å². The van der Waals surface area contributed by atoms with Crippen molar-refractivity contribution in [2.24, 2.45) is 0 Å². The van der Waals surface area contributed by atoms with Gasteiger partial charge < -0.3 is 10.2 Å². The van der Waals surface area contributed by atoms with Crippen LogP contribution in [-0.4, -0.2) is 19.1 Å². The summed E-state index contributed by atoms with van der Waals surface area (Å²) in [6.07, 6.45) is 0. The number of hydrogen-bond acceptors (Lipinski definition) is 3. The molecule has 3 nitrogen and oxygen atoms in total. The number of aryl methyl sites for hydroxylation is 2. The van der Waals surface area contributed by atoms with E-state index in [1.807, 2.05) is 6.07 Å². The Hall–Kier alpha value is -3.07. The SMILES string of the molecule is Cc1cc(C)c2nc3ccccc3c(Nc3ccc(N(C)C)cc3)c2c1. The molecule has 1 aromatic heterocycles. The van der Waals surface area contributed by atoms with Gasteiger partial charge >= 0.3 is 0 Å². The molecule has 1 N–H and O–H groups in total. The van der Waals surface area contributed by atoms with Gasteiger partial charge in [0.2, 0.25) is 0 Å². The molecule has 3 aromatic carbocycles. The molecule has 0 radical (unpaired) electrons. The Morgan fingerprint density at radius 3 is 2.31 bits per heavy atom. The van der Waals surface area contributed by atoms with E-state index in [9.17, 15) is 0 Å². The van der Waals surface area contributed by atoms with E-state index in [2.05, 4.69) is 92.8 Å². The van der Waals surface area contributed by atoms with E-state index >= 15 is 0 Å². The van der Waals surface area contributed by atoms with Gasteiger partial charge in [-0.05, 0) is 55.8 Å². The summed E-state index contributed by atoms with van der Waals surface area (Å²) < 4.78 is 0. The van der Waals surface area contributed by atoms with Crippen molar-refractivity contribution in [1.82, 2.24) is 4.98 Å². The van der Waals surface area contributed by atoms with Crippen LogP contribution in [0.15, 0.2) is 60.7 Å². The fourth-order valence-electron chi connectivity index (χ4n) is 3.47. The Morgan fingerprint density at radius 1 is 0.846 bits per heavy atom. The molecular weight excluding hydrogens is 318 g/mol. The van der Waals surface area contributed by atoms with E-state index in [1.165, 1.54) is 16.8 Å². The lowest BCUT2D eigenvalue weighted by molar-refractivity contribution is 1.13.